The van der Waals surface area contributed by atoms with Gasteiger partial charge in [-0.2, -0.15) is 13.2 Å². The molecule has 7 rings (SSSR count). The van der Waals surface area contributed by atoms with Crippen molar-refractivity contribution in [3.8, 4) is 16.9 Å². The summed E-state index contributed by atoms with van der Waals surface area (Å²) in [5.74, 6) is -3.39. The number of anilines is 1. The van der Waals surface area contributed by atoms with E-state index in [-0.39, 0.29) is 57.7 Å². The van der Waals surface area contributed by atoms with E-state index in [9.17, 15) is 22.8 Å². The molecule has 0 unspecified atom stereocenters. The number of halogens is 5. The number of rotatable bonds is 7. The van der Waals surface area contributed by atoms with Gasteiger partial charge in [-0.05, 0) is 32.0 Å². The molecule has 4 heterocycles. The van der Waals surface area contributed by atoms with Gasteiger partial charge in [0.1, 0.15) is 35.3 Å². The average molecular weight is 680 g/mol. The quantitative estimate of drug-likeness (QED) is 0.119. The van der Waals surface area contributed by atoms with Crippen molar-refractivity contribution in [2.75, 3.05) is 31.7 Å². The summed E-state index contributed by atoms with van der Waals surface area (Å²) in [6.07, 6.45) is -0.671. The van der Waals surface area contributed by atoms with Crippen LogP contribution in [0.1, 0.15) is 34.2 Å². The van der Waals surface area contributed by atoms with Crippen LogP contribution in [-0.2, 0) is 29.3 Å². The van der Waals surface area contributed by atoms with E-state index in [1.165, 1.54) is 24.4 Å². The Morgan fingerprint density at radius 1 is 1.12 bits per heavy atom. The van der Waals surface area contributed by atoms with Crippen LogP contribution in [0.25, 0.3) is 33.1 Å². The maximum absolute atomic E-state index is 15.2. The first-order valence-electron chi connectivity index (χ1n) is 15.4. The Morgan fingerprint density at radius 2 is 1.86 bits per heavy atom. The van der Waals surface area contributed by atoms with Crippen molar-refractivity contribution in [2.24, 2.45) is 7.05 Å². The van der Waals surface area contributed by atoms with Crippen LogP contribution in [-0.4, -0.2) is 57.7 Å². The van der Waals surface area contributed by atoms with Crippen LogP contribution in [0.4, 0.5) is 27.6 Å². The fourth-order valence-electron chi connectivity index (χ4n) is 6.33. The van der Waals surface area contributed by atoms with Gasteiger partial charge in [-0.15, -0.1) is 0 Å². The number of amides is 1. The molecule has 0 radical (unpaired) electrons. The molecule has 2 N–H and O–H groups in total. The first kappa shape index (κ1) is 32.5. The number of ether oxygens (including phenoxy) is 2. The van der Waals surface area contributed by atoms with Crippen molar-refractivity contribution in [3.05, 3.63) is 88.9 Å². The molecule has 0 saturated carbocycles. The molecule has 0 aliphatic carbocycles. The Bertz CT molecular complexity index is 2190. The van der Waals surface area contributed by atoms with Gasteiger partial charge in [0, 0.05) is 53.5 Å². The van der Waals surface area contributed by atoms with Crippen LogP contribution < -0.4 is 15.4 Å². The predicted octanol–water partition coefficient (Wildman–Crippen LogP) is 6.30. The topological polar surface area (TPSA) is 99.4 Å². The van der Waals surface area contributed by atoms with Gasteiger partial charge in [0.25, 0.3) is 0 Å². The number of imidazole rings is 1. The van der Waals surface area contributed by atoms with Gasteiger partial charge < -0.3 is 29.2 Å². The minimum absolute atomic E-state index is 0.0171. The Hall–Kier alpha value is -5.08. The van der Waals surface area contributed by atoms with Crippen molar-refractivity contribution in [3.63, 3.8) is 0 Å². The van der Waals surface area contributed by atoms with Crippen molar-refractivity contribution in [1.29, 1.82) is 0 Å². The lowest BCUT2D eigenvalue weighted by Gasteiger charge is -2.38. The van der Waals surface area contributed by atoms with Gasteiger partial charge in [0.05, 0.1) is 41.9 Å². The summed E-state index contributed by atoms with van der Waals surface area (Å²) in [5, 5.41) is 5.65. The molecule has 5 aromatic rings. The molecule has 3 aromatic carbocycles. The maximum atomic E-state index is 15.2. The number of benzene rings is 3. The minimum Gasteiger partial charge on any atom is -0.489 e. The summed E-state index contributed by atoms with van der Waals surface area (Å²) in [7, 11) is 1.62. The van der Waals surface area contributed by atoms with Gasteiger partial charge in [-0.25, -0.2) is 13.8 Å². The summed E-state index contributed by atoms with van der Waals surface area (Å²) in [6.45, 7) is 5.17. The van der Waals surface area contributed by atoms with E-state index in [1.54, 1.807) is 29.2 Å². The average Bonchev–Trinajstić information content (AvgIpc) is 3.54. The molecule has 2 aliphatic heterocycles. The van der Waals surface area contributed by atoms with Crippen molar-refractivity contribution >= 4 is 39.3 Å². The lowest BCUT2D eigenvalue weighted by Crippen LogP contribution is -2.58. The second-order valence-electron chi connectivity index (χ2n) is 12.5. The number of aromatic nitrogens is 3. The highest BCUT2D eigenvalue weighted by Gasteiger charge is 2.39. The van der Waals surface area contributed by atoms with Gasteiger partial charge in [0.15, 0.2) is 11.5 Å². The van der Waals surface area contributed by atoms with E-state index in [0.717, 1.165) is 24.3 Å². The molecule has 0 atom stereocenters. The normalized spacial score (nSPS) is 15.5. The SMILES string of the molecule is Cc1nc2c3c(c(C(F)(F)F)cc2n1C)-c1cccc2c(C(=O)c4cc(F)c(NC(=O)/C=C/CNC5(C)COC5)c(F)c4)cn(c12)CCO3. The number of nitrogens with one attached hydrogen (secondary N) is 2. The van der Waals surface area contributed by atoms with E-state index < -0.39 is 40.8 Å². The van der Waals surface area contributed by atoms with Gasteiger partial charge in [0.2, 0.25) is 5.91 Å². The predicted molar refractivity (Wildman–Crippen MR) is 172 cm³/mol. The second kappa shape index (κ2) is 11.8. The van der Waals surface area contributed by atoms with E-state index in [1.807, 2.05) is 6.92 Å². The number of hydrogen-bond acceptors (Lipinski definition) is 6. The molecule has 0 spiro atoms. The van der Waals surface area contributed by atoms with E-state index in [2.05, 4.69) is 15.6 Å². The van der Waals surface area contributed by atoms with E-state index >= 15 is 8.78 Å². The van der Waals surface area contributed by atoms with Crippen molar-refractivity contribution in [2.45, 2.75) is 32.1 Å². The standard InChI is InChI=1S/C35H30F5N5O4/c1-18-42-30-26(44(18)3)14-23(35(38,39)40)28-21-7-4-6-20-22(15-45(31(20)21)10-11-49-33(28)30)32(47)19-12-24(36)29(25(37)13-19)43-27(46)8-5-9-41-34(2)16-48-17-34/h4-8,12-15,41H,9-11,16-17H2,1-3H3,(H,43,46)/b8-5+. The van der Waals surface area contributed by atoms with Gasteiger partial charge in [-0.3, -0.25) is 9.59 Å². The van der Waals surface area contributed by atoms with Crippen LogP contribution in [0.3, 0.4) is 0 Å². The highest BCUT2D eigenvalue weighted by molar-refractivity contribution is 6.18. The lowest BCUT2D eigenvalue weighted by atomic mass is 9.93. The van der Waals surface area contributed by atoms with Gasteiger partial charge in [-0.1, -0.05) is 24.3 Å². The van der Waals surface area contributed by atoms with Crippen molar-refractivity contribution in [1.82, 2.24) is 19.4 Å². The van der Waals surface area contributed by atoms with Crippen molar-refractivity contribution < 1.29 is 41.0 Å². The Morgan fingerprint density at radius 3 is 2.53 bits per heavy atom. The van der Waals surface area contributed by atoms with E-state index in [4.69, 9.17) is 9.47 Å². The molecule has 254 valence electrons. The Balaban J connectivity index is 1.25. The third-order valence-electron chi connectivity index (χ3n) is 8.96. The molecule has 14 heteroatoms. The summed E-state index contributed by atoms with van der Waals surface area (Å²) in [5.41, 5.74) is -1.34. The number of aryl methyl sites for hydroxylation is 2. The zero-order valence-corrected chi connectivity index (χ0v) is 26.6. The molecule has 49 heavy (non-hydrogen) atoms. The molecule has 9 nitrogen and oxygen atoms in total. The number of para-hydroxylation sites is 1. The highest BCUT2D eigenvalue weighted by atomic mass is 19.4. The second-order valence-corrected chi connectivity index (χ2v) is 12.5. The monoisotopic (exact) mass is 679 g/mol. The third kappa shape index (κ3) is 5.64. The summed E-state index contributed by atoms with van der Waals surface area (Å²) >= 11 is 0. The number of fused-ring (bicyclic) bond motifs is 4. The molecule has 0 bridgehead atoms. The van der Waals surface area contributed by atoms with Crippen LogP contribution >= 0.6 is 0 Å². The zero-order valence-electron chi connectivity index (χ0n) is 26.6. The molecular weight excluding hydrogens is 649 g/mol. The number of ketones is 1. The smallest absolute Gasteiger partial charge is 0.417 e. The molecule has 2 aliphatic rings. The number of carbonyl (C=O) groups excluding carboxylic acids is 2. The molecule has 1 saturated heterocycles. The number of carbonyl (C=O) groups is 2. The highest BCUT2D eigenvalue weighted by Crippen LogP contribution is 2.49. The number of hydrogen-bond donors (Lipinski definition) is 2. The number of nitrogens with zero attached hydrogens (tertiary/aromatic N) is 3. The van der Waals surface area contributed by atoms with Crippen LogP contribution in [0.2, 0.25) is 0 Å². The largest absolute Gasteiger partial charge is 0.489 e. The molecule has 2 aromatic heterocycles. The Kier molecular flexibility index (Phi) is 7.82. The zero-order chi connectivity index (χ0) is 34.8. The molecule has 1 amide bonds. The number of alkyl halides is 3. The van der Waals surface area contributed by atoms with Crippen LogP contribution in [0.15, 0.2) is 54.7 Å². The first-order valence-corrected chi connectivity index (χ1v) is 15.4. The Labute approximate surface area is 276 Å². The van der Waals surface area contributed by atoms with Crippen LogP contribution in [0, 0.1) is 18.6 Å². The summed E-state index contributed by atoms with van der Waals surface area (Å²) < 4.78 is 88.7. The fourth-order valence-corrected chi connectivity index (χ4v) is 6.33. The molecular formula is C35H30F5N5O4. The fraction of sp³-hybridized carbons (Fsp3) is 0.286. The first-order chi connectivity index (χ1) is 23.3. The third-order valence-corrected chi connectivity index (χ3v) is 8.96. The molecule has 1 fully saturated rings. The summed E-state index contributed by atoms with van der Waals surface area (Å²) in [4.78, 5) is 30.7. The van der Waals surface area contributed by atoms with Crippen LogP contribution in [0.5, 0.6) is 5.75 Å². The van der Waals surface area contributed by atoms with E-state index in [0.29, 0.717) is 36.5 Å². The lowest BCUT2D eigenvalue weighted by molar-refractivity contribution is -0.137. The summed E-state index contributed by atoms with van der Waals surface area (Å²) in [6, 6.07) is 7.27. The van der Waals surface area contributed by atoms with Gasteiger partial charge >= 0.3 is 6.18 Å². The maximum Gasteiger partial charge on any atom is 0.417 e. The minimum atomic E-state index is -4.76.